The number of hydrogen-bond acceptors (Lipinski definition) is 5. The number of carbonyl (C=O) groups is 1. The van der Waals surface area contributed by atoms with Crippen LogP contribution in [-0.2, 0) is 10.0 Å². The monoisotopic (exact) mass is 323 g/mol. The molecule has 8 heteroatoms. The van der Waals surface area contributed by atoms with Gasteiger partial charge in [0.15, 0.2) is 0 Å². The highest BCUT2D eigenvalue weighted by Crippen LogP contribution is 2.26. The van der Waals surface area contributed by atoms with Crippen molar-refractivity contribution in [3.63, 3.8) is 0 Å². The Morgan fingerprint density at radius 1 is 1.19 bits per heavy atom. The first-order valence-corrected chi connectivity index (χ1v) is 8.15. The van der Waals surface area contributed by atoms with E-state index in [-0.39, 0.29) is 0 Å². The van der Waals surface area contributed by atoms with Gasteiger partial charge in [0, 0.05) is 10.4 Å². The van der Waals surface area contributed by atoms with Crippen LogP contribution < -0.4 is 4.72 Å². The molecule has 0 bridgehead atoms. The number of anilines is 1. The van der Waals surface area contributed by atoms with Crippen molar-refractivity contribution >= 4 is 43.1 Å². The Morgan fingerprint density at radius 3 is 2.71 bits per heavy atom. The molecule has 3 aromatic rings. The fourth-order valence-corrected chi connectivity index (χ4v) is 3.57. The number of carboxylic acids is 1. The summed E-state index contributed by atoms with van der Waals surface area (Å²) in [6.45, 7) is 0. The maximum atomic E-state index is 12.1. The van der Waals surface area contributed by atoms with Gasteiger partial charge in [0.05, 0.1) is 0 Å². The predicted octanol–water partition coefficient (Wildman–Crippen LogP) is 2.99. The molecule has 6 nitrogen and oxygen atoms in total. The summed E-state index contributed by atoms with van der Waals surface area (Å²) in [6, 6.07) is 9.23. The van der Waals surface area contributed by atoms with Gasteiger partial charge in [0.25, 0.3) is 10.0 Å². The molecule has 1 aromatic carbocycles. The molecular weight excluding hydrogens is 314 g/mol. The van der Waals surface area contributed by atoms with Crippen LogP contribution in [0.3, 0.4) is 0 Å². The van der Waals surface area contributed by atoms with Crippen LogP contribution in [-0.4, -0.2) is 19.5 Å². The van der Waals surface area contributed by atoms with Gasteiger partial charge >= 0.3 is 5.97 Å². The molecule has 21 heavy (non-hydrogen) atoms. The highest BCUT2D eigenvalue weighted by molar-refractivity contribution is 7.92. The smallest absolute Gasteiger partial charge is 0.371 e. The molecular formula is C13H9NO5S2. The average molecular weight is 323 g/mol. The molecule has 2 aromatic heterocycles. The molecule has 0 radical (unpaired) electrons. The molecule has 108 valence electrons. The summed E-state index contributed by atoms with van der Waals surface area (Å²) in [6.07, 6.45) is 0. The number of furan rings is 1. The van der Waals surface area contributed by atoms with Gasteiger partial charge in [-0.2, -0.15) is 8.42 Å². The first-order valence-electron chi connectivity index (χ1n) is 5.79. The van der Waals surface area contributed by atoms with Crippen molar-refractivity contribution in [2.24, 2.45) is 0 Å². The number of fused-ring (bicyclic) bond motifs is 1. The third kappa shape index (κ3) is 2.63. The number of carboxylic acid groups (broad SMARTS) is 1. The fourth-order valence-electron chi connectivity index (χ4n) is 1.82. The number of rotatable bonds is 4. The van der Waals surface area contributed by atoms with Crippen LogP contribution in [0.2, 0.25) is 0 Å². The zero-order chi connectivity index (χ0) is 15.0. The van der Waals surface area contributed by atoms with Gasteiger partial charge in [0.1, 0.15) is 0 Å². The Hall–Kier alpha value is -2.32. The van der Waals surface area contributed by atoms with Gasteiger partial charge in [0.2, 0.25) is 10.9 Å². The second-order valence-corrected chi connectivity index (χ2v) is 6.76. The highest BCUT2D eigenvalue weighted by atomic mass is 32.2. The minimum absolute atomic E-state index is 0.383. The molecule has 0 atom stereocenters. The summed E-state index contributed by atoms with van der Waals surface area (Å²) in [5.74, 6) is -1.75. The molecule has 0 saturated carbocycles. The lowest BCUT2D eigenvalue weighted by Gasteiger charge is -2.05. The lowest BCUT2D eigenvalue weighted by molar-refractivity contribution is 0.0656. The Kier molecular flexibility index (Phi) is 3.19. The van der Waals surface area contributed by atoms with Crippen LogP contribution in [0, 0.1) is 0 Å². The topological polar surface area (TPSA) is 96.6 Å². The van der Waals surface area contributed by atoms with Gasteiger partial charge in [-0.3, -0.25) is 4.72 Å². The number of nitrogens with one attached hydrogen (secondary N) is 1. The Bertz CT molecular complexity index is 923. The van der Waals surface area contributed by atoms with E-state index in [9.17, 15) is 13.2 Å². The quantitative estimate of drug-likeness (QED) is 0.769. The summed E-state index contributed by atoms with van der Waals surface area (Å²) >= 11 is 1.56. The second kappa shape index (κ2) is 4.90. The standard InChI is InChI=1S/C13H9NO5S2/c15-13(16)10-2-4-12(19-10)21(17,18)14-9-1-3-11-8(7-9)5-6-20-11/h1-7,14H,(H,15,16). The number of thiophene rings is 1. The third-order valence-corrected chi connectivity index (χ3v) is 4.91. The fraction of sp³-hybridized carbons (Fsp3) is 0. The van der Waals surface area contributed by atoms with E-state index < -0.39 is 26.8 Å². The Balaban J connectivity index is 1.92. The van der Waals surface area contributed by atoms with E-state index in [0.717, 1.165) is 22.2 Å². The summed E-state index contributed by atoms with van der Waals surface area (Å²) in [5, 5.41) is 11.1. The summed E-state index contributed by atoms with van der Waals surface area (Å²) in [7, 11) is -3.95. The van der Waals surface area contributed by atoms with Crippen molar-refractivity contribution in [1.29, 1.82) is 0 Å². The highest BCUT2D eigenvalue weighted by Gasteiger charge is 2.21. The molecule has 2 N–H and O–H groups in total. The first-order chi connectivity index (χ1) is 9.95. The van der Waals surface area contributed by atoms with Crippen LogP contribution in [0.25, 0.3) is 10.1 Å². The van der Waals surface area contributed by atoms with Crippen molar-refractivity contribution in [2.75, 3.05) is 4.72 Å². The van der Waals surface area contributed by atoms with E-state index in [1.54, 1.807) is 23.5 Å². The number of hydrogen-bond donors (Lipinski definition) is 2. The van der Waals surface area contributed by atoms with Crippen LogP contribution in [0.1, 0.15) is 10.6 Å². The molecule has 0 fully saturated rings. The van der Waals surface area contributed by atoms with Gasteiger partial charge in [-0.05, 0) is 47.2 Å². The van der Waals surface area contributed by atoms with E-state index in [0.29, 0.717) is 5.69 Å². The van der Waals surface area contributed by atoms with E-state index in [2.05, 4.69) is 4.72 Å². The summed E-state index contributed by atoms with van der Waals surface area (Å²) < 4.78 is 32.4. The lowest BCUT2D eigenvalue weighted by Crippen LogP contribution is -2.12. The zero-order valence-electron chi connectivity index (χ0n) is 10.4. The van der Waals surface area contributed by atoms with Crippen molar-refractivity contribution in [3.8, 4) is 0 Å². The van der Waals surface area contributed by atoms with E-state index >= 15 is 0 Å². The Labute approximate surface area is 123 Å². The van der Waals surface area contributed by atoms with Crippen molar-refractivity contribution in [3.05, 3.63) is 47.5 Å². The second-order valence-electron chi connectivity index (χ2n) is 4.20. The number of aromatic carboxylic acids is 1. The molecule has 2 heterocycles. The number of benzene rings is 1. The maximum absolute atomic E-state index is 12.1. The molecule has 0 saturated heterocycles. The van der Waals surface area contributed by atoms with Gasteiger partial charge in [-0.1, -0.05) is 0 Å². The van der Waals surface area contributed by atoms with Crippen molar-refractivity contribution < 1.29 is 22.7 Å². The molecule has 0 unspecified atom stereocenters. The molecule has 0 aliphatic carbocycles. The van der Waals surface area contributed by atoms with Crippen molar-refractivity contribution in [2.45, 2.75) is 5.09 Å². The maximum Gasteiger partial charge on any atom is 0.371 e. The molecule has 0 aliphatic rings. The Morgan fingerprint density at radius 2 is 2.00 bits per heavy atom. The van der Waals surface area contributed by atoms with Crippen LogP contribution in [0.5, 0.6) is 0 Å². The van der Waals surface area contributed by atoms with Crippen LogP contribution >= 0.6 is 11.3 Å². The molecule has 0 amide bonds. The van der Waals surface area contributed by atoms with E-state index in [1.807, 2.05) is 17.5 Å². The van der Waals surface area contributed by atoms with Crippen molar-refractivity contribution in [1.82, 2.24) is 0 Å². The normalized spacial score (nSPS) is 11.6. The third-order valence-electron chi connectivity index (χ3n) is 2.76. The molecule has 3 rings (SSSR count). The molecule has 0 spiro atoms. The largest absolute Gasteiger partial charge is 0.475 e. The summed E-state index contributed by atoms with van der Waals surface area (Å²) in [4.78, 5) is 10.7. The van der Waals surface area contributed by atoms with Gasteiger partial charge < -0.3 is 9.52 Å². The van der Waals surface area contributed by atoms with Crippen LogP contribution in [0.4, 0.5) is 5.69 Å². The summed E-state index contributed by atoms with van der Waals surface area (Å²) in [5.41, 5.74) is 0.383. The average Bonchev–Trinajstić information content (AvgIpc) is 3.07. The van der Waals surface area contributed by atoms with Gasteiger partial charge in [-0.25, -0.2) is 4.79 Å². The van der Waals surface area contributed by atoms with E-state index in [4.69, 9.17) is 9.52 Å². The minimum Gasteiger partial charge on any atom is -0.475 e. The SMILES string of the molecule is O=C(O)c1ccc(S(=O)(=O)Nc2ccc3sccc3c2)o1. The molecule has 0 aliphatic heterocycles. The predicted molar refractivity (Wildman–Crippen MR) is 78.3 cm³/mol. The lowest BCUT2D eigenvalue weighted by atomic mass is 10.2. The zero-order valence-corrected chi connectivity index (χ0v) is 12.1. The van der Waals surface area contributed by atoms with Crippen LogP contribution in [0.15, 0.2) is 51.3 Å². The van der Waals surface area contributed by atoms with Gasteiger partial charge in [-0.15, -0.1) is 11.3 Å². The minimum atomic E-state index is -3.95. The first kappa shape index (κ1) is 13.7. The number of sulfonamides is 1. The van der Waals surface area contributed by atoms with E-state index in [1.165, 1.54) is 0 Å².